The second kappa shape index (κ2) is 7.44. The van der Waals surface area contributed by atoms with Crippen molar-refractivity contribution >= 4 is 5.91 Å². The summed E-state index contributed by atoms with van der Waals surface area (Å²) in [4.78, 5) is 11.8. The summed E-state index contributed by atoms with van der Waals surface area (Å²) < 4.78 is 14.4. The van der Waals surface area contributed by atoms with E-state index < -0.39 is 6.04 Å². The zero-order valence-electron chi connectivity index (χ0n) is 11.3. The number of aromatic nitrogens is 4. The molecule has 0 aliphatic carbocycles. The van der Waals surface area contributed by atoms with Crippen LogP contribution in [0.3, 0.4) is 0 Å². The van der Waals surface area contributed by atoms with Gasteiger partial charge in [0, 0.05) is 13.0 Å². The average molecular weight is 293 g/mol. The topological polar surface area (TPSA) is 92.9 Å². The van der Waals surface area contributed by atoms with Crippen LogP contribution >= 0.6 is 0 Å². The van der Waals surface area contributed by atoms with E-state index in [-0.39, 0.29) is 24.8 Å². The number of amides is 1. The first kappa shape index (κ1) is 15.0. The predicted molar refractivity (Wildman–Crippen MR) is 71.4 cm³/mol. The number of carbonyl (C=O) groups excluding carboxylic acids is 1. The molecule has 2 rings (SSSR count). The normalized spacial score (nSPS) is 12.1. The number of halogens is 1. The highest BCUT2D eigenvalue weighted by Gasteiger charge is 2.13. The van der Waals surface area contributed by atoms with Crippen molar-refractivity contribution in [2.75, 3.05) is 6.61 Å². The lowest BCUT2D eigenvalue weighted by molar-refractivity contribution is -0.122. The van der Waals surface area contributed by atoms with Crippen molar-refractivity contribution in [3.05, 3.63) is 42.0 Å². The average Bonchev–Trinajstić information content (AvgIpc) is 2.99. The number of carbonyl (C=O) groups is 1. The number of benzene rings is 1. The van der Waals surface area contributed by atoms with Crippen LogP contribution in [0.1, 0.15) is 24.4 Å². The molecule has 1 heterocycles. The molecule has 0 bridgehead atoms. The Morgan fingerprint density at radius 1 is 1.38 bits per heavy atom. The van der Waals surface area contributed by atoms with Crippen LogP contribution in [0, 0.1) is 5.82 Å². The molecule has 0 fully saturated rings. The van der Waals surface area contributed by atoms with Crippen molar-refractivity contribution in [3.8, 4) is 0 Å². The fraction of sp³-hybridized carbons (Fsp3) is 0.385. The van der Waals surface area contributed by atoms with E-state index in [0.29, 0.717) is 18.5 Å². The zero-order valence-corrected chi connectivity index (χ0v) is 11.3. The first-order valence-corrected chi connectivity index (χ1v) is 6.55. The van der Waals surface area contributed by atoms with E-state index in [1.54, 1.807) is 0 Å². The van der Waals surface area contributed by atoms with Crippen LogP contribution in [-0.4, -0.2) is 37.8 Å². The second-order valence-corrected chi connectivity index (χ2v) is 4.53. The molecule has 1 unspecified atom stereocenters. The van der Waals surface area contributed by atoms with Crippen LogP contribution in [0.5, 0.6) is 0 Å². The minimum absolute atomic E-state index is 0.188. The molecule has 2 aromatic rings. The van der Waals surface area contributed by atoms with Gasteiger partial charge in [0.1, 0.15) is 12.1 Å². The monoisotopic (exact) mass is 293 g/mol. The van der Waals surface area contributed by atoms with Gasteiger partial charge in [0.15, 0.2) is 0 Å². The summed E-state index contributed by atoms with van der Waals surface area (Å²) in [6.45, 7) is 0.297. The maximum atomic E-state index is 12.8. The number of aliphatic hydroxyl groups excluding tert-OH is 1. The van der Waals surface area contributed by atoms with Crippen LogP contribution in [0.2, 0.25) is 0 Å². The van der Waals surface area contributed by atoms with Crippen LogP contribution in [0.4, 0.5) is 4.39 Å². The molecular weight excluding hydrogens is 277 g/mol. The van der Waals surface area contributed by atoms with Gasteiger partial charge in [0.05, 0.1) is 12.6 Å². The molecule has 0 saturated carbocycles. The Bertz CT molecular complexity index is 558. The third-order valence-electron chi connectivity index (χ3n) is 2.97. The lowest BCUT2D eigenvalue weighted by Crippen LogP contribution is -2.30. The molecule has 1 aromatic heterocycles. The number of nitrogens with one attached hydrogen (secondary N) is 1. The molecular formula is C13H16FN5O2. The van der Waals surface area contributed by atoms with Crippen molar-refractivity contribution in [1.82, 2.24) is 25.5 Å². The Labute approximate surface area is 120 Å². The fourth-order valence-corrected chi connectivity index (χ4v) is 1.88. The number of rotatable bonds is 7. The third kappa shape index (κ3) is 4.60. The maximum absolute atomic E-state index is 12.8. The Kier molecular flexibility index (Phi) is 5.33. The highest BCUT2D eigenvalue weighted by Crippen LogP contribution is 2.13. The molecule has 21 heavy (non-hydrogen) atoms. The third-order valence-corrected chi connectivity index (χ3v) is 2.97. The van der Waals surface area contributed by atoms with E-state index in [9.17, 15) is 14.3 Å². The van der Waals surface area contributed by atoms with E-state index in [4.69, 9.17) is 0 Å². The highest BCUT2D eigenvalue weighted by molar-refractivity contribution is 5.76. The number of hydrogen-bond acceptors (Lipinski definition) is 5. The largest absolute Gasteiger partial charge is 0.394 e. The molecule has 0 radical (unpaired) electrons. The Balaban J connectivity index is 1.80. The minimum Gasteiger partial charge on any atom is -0.394 e. The summed E-state index contributed by atoms with van der Waals surface area (Å²) in [6, 6.07) is 5.13. The molecule has 0 aliphatic heterocycles. The van der Waals surface area contributed by atoms with Gasteiger partial charge in [0.2, 0.25) is 5.91 Å². The molecule has 8 heteroatoms. The molecule has 2 N–H and O–H groups in total. The minimum atomic E-state index is -0.536. The van der Waals surface area contributed by atoms with Crippen molar-refractivity contribution in [1.29, 1.82) is 0 Å². The number of nitrogens with zero attached hydrogens (tertiary/aromatic N) is 4. The lowest BCUT2D eigenvalue weighted by Gasteiger charge is -2.16. The van der Waals surface area contributed by atoms with Crippen LogP contribution in [0.25, 0.3) is 0 Å². The predicted octanol–water partition coefficient (Wildman–Crippen LogP) is 0.442. The van der Waals surface area contributed by atoms with E-state index >= 15 is 0 Å². The molecule has 1 atom stereocenters. The fourth-order valence-electron chi connectivity index (χ4n) is 1.88. The summed E-state index contributed by atoms with van der Waals surface area (Å²) in [5.41, 5.74) is 0.660. The number of hydrogen-bond donors (Lipinski definition) is 2. The lowest BCUT2D eigenvalue weighted by atomic mass is 10.1. The van der Waals surface area contributed by atoms with E-state index in [0.717, 1.165) is 0 Å². The van der Waals surface area contributed by atoms with Gasteiger partial charge >= 0.3 is 0 Å². The van der Waals surface area contributed by atoms with Crippen LogP contribution < -0.4 is 5.32 Å². The van der Waals surface area contributed by atoms with Crippen molar-refractivity contribution in [2.45, 2.75) is 25.4 Å². The molecule has 1 aromatic carbocycles. The second-order valence-electron chi connectivity index (χ2n) is 4.53. The van der Waals surface area contributed by atoms with Gasteiger partial charge in [-0.2, -0.15) is 0 Å². The van der Waals surface area contributed by atoms with Crippen LogP contribution in [-0.2, 0) is 11.3 Å². The van der Waals surface area contributed by atoms with Gasteiger partial charge < -0.3 is 10.4 Å². The number of aryl methyl sites for hydroxylation is 1. The van der Waals surface area contributed by atoms with Crippen molar-refractivity contribution in [3.63, 3.8) is 0 Å². The van der Waals surface area contributed by atoms with E-state index in [2.05, 4.69) is 20.8 Å². The van der Waals surface area contributed by atoms with Gasteiger partial charge in [-0.25, -0.2) is 9.07 Å². The van der Waals surface area contributed by atoms with Gasteiger partial charge in [0.25, 0.3) is 0 Å². The number of aliphatic hydroxyl groups is 1. The molecule has 1 amide bonds. The standard InChI is InChI=1S/C13H16FN5O2/c14-11-5-3-10(4-6-11)12(8-20)16-13(21)2-1-7-19-9-15-17-18-19/h3-6,9,12,20H,1-2,7-8H2,(H,16,21). The number of tetrazole rings is 1. The summed E-state index contributed by atoms with van der Waals surface area (Å²) in [5.74, 6) is -0.547. The highest BCUT2D eigenvalue weighted by atomic mass is 19.1. The summed E-state index contributed by atoms with van der Waals surface area (Å²) in [6.07, 6.45) is 2.35. The molecule has 7 nitrogen and oxygen atoms in total. The molecule has 112 valence electrons. The van der Waals surface area contributed by atoms with Gasteiger partial charge in [-0.05, 0) is 34.5 Å². The summed E-state index contributed by atoms with van der Waals surface area (Å²) in [5, 5.41) is 22.7. The first-order valence-electron chi connectivity index (χ1n) is 6.55. The van der Waals surface area contributed by atoms with E-state index in [1.807, 2.05) is 0 Å². The van der Waals surface area contributed by atoms with Crippen LogP contribution in [0.15, 0.2) is 30.6 Å². The zero-order chi connectivity index (χ0) is 15.1. The molecule has 0 saturated heterocycles. The van der Waals surface area contributed by atoms with E-state index in [1.165, 1.54) is 35.3 Å². The quantitative estimate of drug-likeness (QED) is 0.773. The first-order chi connectivity index (χ1) is 10.2. The van der Waals surface area contributed by atoms with Gasteiger partial charge in [-0.15, -0.1) is 5.10 Å². The smallest absolute Gasteiger partial charge is 0.220 e. The summed E-state index contributed by atoms with van der Waals surface area (Å²) in [7, 11) is 0. The maximum Gasteiger partial charge on any atom is 0.220 e. The van der Waals surface area contributed by atoms with Gasteiger partial charge in [-0.1, -0.05) is 12.1 Å². The SMILES string of the molecule is O=C(CCCn1cnnn1)NC(CO)c1ccc(F)cc1. The van der Waals surface area contributed by atoms with Crippen molar-refractivity contribution < 1.29 is 14.3 Å². The molecule has 0 aliphatic rings. The molecule has 0 spiro atoms. The Morgan fingerprint density at radius 3 is 2.76 bits per heavy atom. The summed E-state index contributed by atoms with van der Waals surface area (Å²) >= 11 is 0. The Hall–Kier alpha value is -2.35. The Morgan fingerprint density at radius 2 is 2.14 bits per heavy atom. The van der Waals surface area contributed by atoms with Gasteiger partial charge in [-0.3, -0.25) is 4.79 Å². The van der Waals surface area contributed by atoms with Crippen molar-refractivity contribution in [2.24, 2.45) is 0 Å².